The van der Waals surface area contributed by atoms with E-state index >= 15 is 0 Å². The lowest BCUT2D eigenvalue weighted by molar-refractivity contribution is 0.328. The molecule has 0 aliphatic heterocycles. The monoisotopic (exact) mass is 235 g/mol. The highest BCUT2D eigenvalue weighted by molar-refractivity contribution is 5.25. The van der Waals surface area contributed by atoms with Crippen LogP contribution in [0.3, 0.4) is 0 Å². The van der Waals surface area contributed by atoms with E-state index in [-0.39, 0.29) is 0 Å². The van der Waals surface area contributed by atoms with Gasteiger partial charge in [-0.3, -0.25) is 0 Å². The summed E-state index contributed by atoms with van der Waals surface area (Å²) >= 11 is 0. The van der Waals surface area contributed by atoms with Crippen molar-refractivity contribution in [2.75, 3.05) is 20.1 Å². The van der Waals surface area contributed by atoms with Gasteiger partial charge < -0.3 is 10.0 Å². The van der Waals surface area contributed by atoms with Crippen LogP contribution in [0.5, 0.6) is 5.75 Å². The van der Waals surface area contributed by atoms with Crippen LogP contribution in [0.15, 0.2) is 24.3 Å². The molecule has 1 rings (SSSR count). The Bertz CT molecular complexity index is 294. The molecule has 0 unspecified atom stereocenters. The zero-order valence-corrected chi connectivity index (χ0v) is 11.2. The van der Waals surface area contributed by atoms with E-state index in [1.807, 2.05) is 12.1 Å². The van der Waals surface area contributed by atoms with Gasteiger partial charge in [0.1, 0.15) is 5.75 Å². The normalized spacial score (nSPS) is 11.0. The summed E-state index contributed by atoms with van der Waals surface area (Å²) in [5, 5.41) is 9.19. The average Bonchev–Trinajstić information content (AvgIpc) is 2.34. The zero-order chi connectivity index (χ0) is 12.5. The number of nitrogens with zero attached hydrogens (tertiary/aromatic N) is 1. The molecule has 0 radical (unpaired) electrons. The van der Waals surface area contributed by atoms with Crippen molar-refractivity contribution < 1.29 is 5.11 Å². The standard InChI is InChI=1S/C15H25NO/c1-3-4-5-6-12-16(2)13-11-14-7-9-15(17)10-8-14/h7-10,17H,3-6,11-13H2,1-2H3. The quantitative estimate of drug-likeness (QED) is 0.698. The van der Waals surface area contributed by atoms with Crippen LogP contribution in [0.25, 0.3) is 0 Å². The first-order valence-corrected chi connectivity index (χ1v) is 6.69. The Morgan fingerprint density at radius 2 is 1.71 bits per heavy atom. The first-order valence-electron chi connectivity index (χ1n) is 6.69. The molecule has 2 nitrogen and oxygen atoms in total. The lowest BCUT2D eigenvalue weighted by Gasteiger charge is -2.16. The number of hydrogen-bond acceptors (Lipinski definition) is 2. The Kier molecular flexibility index (Phi) is 6.71. The number of phenolic OH excluding ortho intramolecular Hbond substituents is 1. The van der Waals surface area contributed by atoms with Crippen molar-refractivity contribution in [3.63, 3.8) is 0 Å². The summed E-state index contributed by atoms with van der Waals surface area (Å²) in [6, 6.07) is 7.52. The van der Waals surface area contributed by atoms with Gasteiger partial charge in [0.05, 0.1) is 0 Å². The molecule has 2 heteroatoms. The molecule has 0 aliphatic rings. The number of benzene rings is 1. The van der Waals surface area contributed by atoms with Crippen LogP contribution in [0.1, 0.15) is 38.2 Å². The van der Waals surface area contributed by atoms with Crippen molar-refractivity contribution in [3.8, 4) is 5.75 Å². The third-order valence-electron chi connectivity index (χ3n) is 3.11. The van der Waals surface area contributed by atoms with Crippen LogP contribution >= 0.6 is 0 Å². The van der Waals surface area contributed by atoms with Crippen molar-refractivity contribution in [2.24, 2.45) is 0 Å². The Morgan fingerprint density at radius 3 is 2.35 bits per heavy atom. The molecule has 96 valence electrons. The highest BCUT2D eigenvalue weighted by Crippen LogP contribution is 2.10. The number of likely N-dealkylation sites (N-methyl/N-ethyl adjacent to an activating group) is 1. The number of aromatic hydroxyl groups is 1. The molecule has 0 spiro atoms. The molecule has 0 heterocycles. The van der Waals surface area contributed by atoms with Gasteiger partial charge in [0.15, 0.2) is 0 Å². The lowest BCUT2D eigenvalue weighted by Crippen LogP contribution is -2.22. The van der Waals surface area contributed by atoms with Crippen LogP contribution in [0.2, 0.25) is 0 Å². The van der Waals surface area contributed by atoms with E-state index < -0.39 is 0 Å². The number of unbranched alkanes of at least 4 members (excludes halogenated alkanes) is 3. The fourth-order valence-electron chi connectivity index (χ4n) is 1.90. The van der Waals surface area contributed by atoms with Gasteiger partial charge in [0.25, 0.3) is 0 Å². The molecule has 0 aliphatic carbocycles. The molecule has 0 fully saturated rings. The van der Waals surface area contributed by atoms with E-state index in [1.165, 1.54) is 37.8 Å². The summed E-state index contributed by atoms with van der Waals surface area (Å²) < 4.78 is 0. The van der Waals surface area contributed by atoms with Gasteiger partial charge in [0.2, 0.25) is 0 Å². The van der Waals surface area contributed by atoms with Gasteiger partial charge >= 0.3 is 0 Å². The fraction of sp³-hybridized carbons (Fsp3) is 0.600. The predicted octanol–water partition coefficient (Wildman–Crippen LogP) is 3.45. The summed E-state index contributed by atoms with van der Waals surface area (Å²) in [6.07, 6.45) is 6.37. The topological polar surface area (TPSA) is 23.5 Å². The summed E-state index contributed by atoms with van der Waals surface area (Å²) in [5.41, 5.74) is 1.29. The molecule has 1 N–H and O–H groups in total. The fourth-order valence-corrected chi connectivity index (χ4v) is 1.90. The van der Waals surface area contributed by atoms with Crippen molar-refractivity contribution >= 4 is 0 Å². The van der Waals surface area contributed by atoms with E-state index in [1.54, 1.807) is 12.1 Å². The van der Waals surface area contributed by atoms with Crippen molar-refractivity contribution in [1.82, 2.24) is 4.90 Å². The minimum Gasteiger partial charge on any atom is -0.508 e. The van der Waals surface area contributed by atoms with Crippen molar-refractivity contribution in [1.29, 1.82) is 0 Å². The smallest absolute Gasteiger partial charge is 0.115 e. The molecule has 17 heavy (non-hydrogen) atoms. The maximum Gasteiger partial charge on any atom is 0.115 e. The second kappa shape index (κ2) is 8.13. The number of rotatable bonds is 8. The predicted molar refractivity (Wildman–Crippen MR) is 73.4 cm³/mol. The molecule has 1 aromatic carbocycles. The van der Waals surface area contributed by atoms with Gasteiger partial charge in [-0.15, -0.1) is 0 Å². The van der Waals surface area contributed by atoms with E-state index in [4.69, 9.17) is 0 Å². The Hall–Kier alpha value is -1.02. The molecule has 0 saturated heterocycles. The molecule has 0 bridgehead atoms. The molecular weight excluding hydrogens is 210 g/mol. The van der Waals surface area contributed by atoms with Gasteiger partial charge in [-0.25, -0.2) is 0 Å². The first kappa shape index (κ1) is 14.0. The Morgan fingerprint density at radius 1 is 1.00 bits per heavy atom. The van der Waals surface area contributed by atoms with Crippen molar-refractivity contribution in [2.45, 2.75) is 39.0 Å². The average molecular weight is 235 g/mol. The van der Waals surface area contributed by atoms with Gasteiger partial charge in [-0.1, -0.05) is 38.3 Å². The van der Waals surface area contributed by atoms with Gasteiger partial charge in [-0.2, -0.15) is 0 Å². The van der Waals surface area contributed by atoms with E-state index in [9.17, 15) is 5.11 Å². The first-order chi connectivity index (χ1) is 8.22. The van der Waals surface area contributed by atoms with Gasteiger partial charge in [0, 0.05) is 6.54 Å². The van der Waals surface area contributed by atoms with Crippen LogP contribution in [-0.2, 0) is 6.42 Å². The molecule has 0 saturated carbocycles. The largest absolute Gasteiger partial charge is 0.508 e. The second-order valence-corrected chi connectivity index (χ2v) is 4.78. The van der Waals surface area contributed by atoms with Crippen LogP contribution in [-0.4, -0.2) is 30.1 Å². The minimum atomic E-state index is 0.349. The molecule has 1 aromatic rings. The van der Waals surface area contributed by atoms with Crippen molar-refractivity contribution in [3.05, 3.63) is 29.8 Å². The van der Waals surface area contributed by atoms with E-state index in [0.29, 0.717) is 5.75 Å². The highest BCUT2D eigenvalue weighted by Gasteiger charge is 1.99. The third-order valence-corrected chi connectivity index (χ3v) is 3.11. The van der Waals surface area contributed by atoms with Gasteiger partial charge in [-0.05, 0) is 44.1 Å². The SMILES string of the molecule is CCCCCCN(C)CCc1ccc(O)cc1. The van der Waals surface area contributed by atoms with Crippen LogP contribution in [0.4, 0.5) is 0 Å². The minimum absolute atomic E-state index is 0.349. The number of hydrogen-bond donors (Lipinski definition) is 1. The lowest BCUT2D eigenvalue weighted by atomic mass is 10.1. The Balaban J connectivity index is 2.14. The molecule has 0 atom stereocenters. The highest BCUT2D eigenvalue weighted by atomic mass is 16.3. The summed E-state index contributed by atoms with van der Waals surface area (Å²) in [6.45, 7) is 4.53. The molecular formula is C15H25NO. The third kappa shape index (κ3) is 6.32. The summed E-state index contributed by atoms with van der Waals surface area (Å²) in [4.78, 5) is 2.39. The van der Waals surface area contributed by atoms with Crippen LogP contribution in [0, 0.1) is 0 Å². The Labute approximate surface area is 105 Å². The van der Waals surface area contributed by atoms with E-state index in [0.717, 1.165) is 13.0 Å². The number of phenols is 1. The molecule has 0 aromatic heterocycles. The molecule has 0 amide bonds. The summed E-state index contributed by atoms with van der Waals surface area (Å²) in [7, 11) is 2.19. The maximum atomic E-state index is 9.19. The van der Waals surface area contributed by atoms with E-state index in [2.05, 4.69) is 18.9 Å². The zero-order valence-electron chi connectivity index (χ0n) is 11.2. The summed E-state index contributed by atoms with van der Waals surface area (Å²) in [5.74, 6) is 0.349. The second-order valence-electron chi connectivity index (χ2n) is 4.78. The van der Waals surface area contributed by atoms with Crippen LogP contribution < -0.4 is 0 Å². The maximum absolute atomic E-state index is 9.19.